The van der Waals surface area contributed by atoms with E-state index in [1.165, 1.54) is 6.42 Å². The van der Waals surface area contributed by atoms with Gasteiger partial charge < -0.3 is 0 Å². The van der Waals surface area contributed by atoms with E-state index in [2.05, 4.69) is 6.42 Å². The minimum Gasteiger partial charge on any atom is -0.0895 e. The number of allylic oxidation sites excluding steroid dienone is 2. The quantitative estimate of drug-likeness (QED) is 0.454. The Balaban J connectivity index is 2.40. The lowest BCUT2D eigenvalue weighted by Gasteiger charge is -2.02. The van der Waals surface area contributed by atoms with Crippen LogP contribution in [-0.2, 0) is 0 Å². The molecule has 0 spiro atoms. The van der Waals surface area contributed by atoms with E-state index in [-0.39, 0.29) is 0 Å². The van der Waals surface area contributed by atoms with E-state index in [1.54, 1.807) is 0 Å². The highest BCUT2D eigenvalue weighted by molar-refractivity contribution is 6.29. The highest BCUT2D eigenvalue weighted by Crippen LogP contribution is 2.18. The highest BCUT2D eigenvalue weighted by Gasteiger charge is 1.98. The normalized spacial score (nSPS) is 21.6. The molecule has 0 N–H and O–H groups in total. The van der Waals surface area contributed by atoms with Gasteiger partial charge in [0.15, 0.2) is 0 Å². The van der Waals surface area contributed by atoms with Gasteiger partial charge in [-0.15, -0.1) is 0 Å². The van der Waals surface area contributed by atoms with Gasteiger partial charge in [-0.1, -0.05) is 17.7 Å². The zero-order valence-electron chi connectivity index (χ0n) is 4.08. The third-order valence-electron chi connectivity index (χ3n) is 0.995. The van der Waals surface area contributed by atoms with E-state index < -0.39 is 0 Å². The molecule has 0 aromatic carbocycles. The molecule has 0 saturated carbocycles. The molecule has 0 atom stereocenters. The van der Waals surface area contributed by atoms with Crippen molar-refractivity contribution in [1.82, 2.24) is 0 Å². The molecule has 0 aromatic rings. The van der Waals surface area contributed by atoms with E-state index in [0.717, 1.165) is 17.9 Å². The molecule has 0 saturated heterocycles. The molecule has 0 amide bonds. The first-order valence-electron chi connectivity index (χ1n) is 2.47. The van der Waals surface area contributed by atoms with Gasteiger partial charge in [-0.05, 0) is 19.3 Å². The van der Waals surface area contributed by atoms with E-state index in [0.29, 0.717) is 0 Å². The van der Waals surface area contributed by atoms with E-state index >= 15 is 0 Å². The van der Waals surface area contributed by atoms with Crippen LogP contribution in [-0.4, -0.2) is 0 Å². The predicted octanol–water partition coefficient (Wildman–Crippen LogP) is 2.37. The van der Waals surface area contributed by atoms with Crippen molar-refractivity contribution in [3.63, 3.8) is 0 Å². The monoisotopic (exact) mass is 114 g/mol. The van der Waals surface area contributed by atoms with Gasteiger partial charge in [0.2, 0.25) is 0 Å². The van der Waals surface area contributed by atoms with Crippen LogP contribution in [0.3, 0.4) is 0 Å². The zero-order chi connectivity index (χ0) is 5.11. The lowest BCUT2D eigenvalue weighted by molar-refractivity contribution is 0.806. The Hall–Kier alpha value is 0.0300. The number of rotatable bonds is 0. The first-order chi connectivity index (χ1) is 3.39. The Morgan fingerprint density at radius 1 is 1.71 bits per heavy atom. The minimum atomic E-state index is 0.950. The molecule has 2 radical (unpaired) electrons. The van der Waals surface area contributed by atoms with Crippen molar-refractivity contribution in [1.29, 1.82) is 0 Å². The van der Waals surface area contributed by atoms with Crippen LogP contribution >= 0.6 is 11.6 Å². The summed E-state index contributed by atoms with van der Waals surface area (Å²) in [5.74, 6) is 0. The zero-order valence-corrected chi connectivity index (χ0v) is 4.83. The Bertz CT molecular complexity index is 84.2. The number of hydrogen-bond acceptors (Lipinski definition) is 0. The molecule has 0 aliphatic heterocycles. The lowest BCUT2D eigenvalue weighted by Crippen LogP contribution is -1.84. The first kappa shape index (κ1) is 5.17. The summed E-state index contributed by atoms with van der Waals surface area (Å²) >= 11 is 5.62. The fourth-order valence-electron chi connectivity index (χ4n) is 0.614. The van der Waals surface area contributed by atoms with E-state index in [1.807, 2.05) is 6.08 Å². The molecule has 1 aliphatic carbocycles. The molecular weight excluding hydrogens is 108 g/mol. The van der Waals surface area contributed by atoms with Crippen LogP contribution in [0, 0.1) is 6.42 Å². The Morgan fingerprint density at radius 2 is 2.57 bits per heavy atom. The second-order valence-electron chi connectivity index (χ2n) is 1.65. The highest BCUT2D eigenvalue weighted by atomic mass is 35.5. The van der Waals surface area contributed by atoms with E-state index in [4.69, 9.17) is 11.6 Å². The van der Waals surface area contributed by atoms with Crippen molar-refractivity contribution in [2.75, 3.05) is 0 Å². The lowest BCUT2D eigenvalue weighted by atomic mass is 10.1. The topological polar surface area (TPSA) is 0 Å². The van der Waals surface area contributed by atoms with Crippen LogP contribution in [0.5, 0.6) is 0 Å². The molecule has 0 bridgehead atoms. The Morgan fingerprint density at radius 3 is 2.86 bits per heavy atom. The smallest absolute Gasteiger partial charge is 0.0147 e. The summed E-state index contributed by atoms with van der Waals surface area (Å²) in [4.78, 5) is 0. The summed E-state index contributed by atoms with van der Waals surface area (Å²) in [5, 5.41) is 0.950. The van der Waals surface area contributed by atoms with Gasteiger partial charge in [0.25, 0.3) is 0 Å². The fraction of sp³-hybridized carbons (Fsp3) is 0.500. The molecule has 7 heavy (non-hydrogen) atoms. The van der Waals surface area contributed by atoms with Gasteiger partial charge in [-0.3, -0.25) is 0 Å². The van der Waals surface area contributed by atoms with Crippen LogP contribution in [0.1, 0.15) is 19.3 Å². The van der Waals surface area contributed by atoms with Gasteiger partial charge in [0, 0.05) is 11.5 Å². The number of halogens is 1. The largest absolute Gasteiger partial charge is 0.0895 e. The molecule has 1 rings (SSSR count). The SMILES string of the molecule is ClC1=C[C]CCC1. The molecule has 1 aliphatic rings. The maximum absolute atomic E-state index is 5.62. The maximum atomic E-state index is 5.62. The summed E-state index contributed by atoms with van der Waals surface area (Å²) in [6.45, 7) is 0. The van der Waals surface area contributed by atoms with Crippen molar-refractivity contribution in [2.45, 2.75) is 19.3 Å². The third-order valence-corrected chi connectivity index (χ3v) is 1.29. The summed E-state index contributed by atoms with van der Waals surface area (Å²) in [6.07, 6.45) is 8.21. The van der Waals surface area contributed by atoms with Crippen molar-refractivity contribution in [3.05, 3.63) is 17.5 Å². The van der Waals surface area contributed by atoms with Gasteiger partial charge >= 0.3 is 0 Å². The molecule has 0 nitrogen and oxygen atoms in total. The molecule has 0 fully saturated rings. The van der Waals surface area contributed by atoms with Crippen LogP contribution in [0.25, 0.3) is 0 Å². The van der Waals surface area contributed by atoms with Crippen LogP contribution in [0.15, 0.2) is 11.1 Å². The second-order valence-corrected chi connectivity index (χ2v) is 2.13. The van der Waals surface area contributed by atoms with Gasteiger partial charge in [0.05, 0.1) is 0 Å². The maximum Gasteiger partial charge on any atom is 0.0147 e. The standard InChI is InChI=1S/C6H7Cl/c7-6-4-2-1-3-5-6/h5H,1-2,4H2. The summed E-state index contributed by atoms with van der Waals surface area (Å²) in [5.41, 5.74) is 0. The molecule has 38 valence electrons. The predicted molar refractivity (Wildman–Crippen MR) is 31.0 cm³/mol. The van der Waals surface area contributed by atoms with Crippen molar-refractivity contribution >= 4 is 11.6 Å². The average molecular weight is 115 g/mol. The van der Waals surface area contributed by atoms with Crippen molar-refractivity contribution < 1.29 is 0 Å². The van der Waals surface area contributed by atoms with Crippen molar-refractivity contribution in [3.8, 4) is 0 Å². The van der Waals surface area contributed by atoms with Crippen LogP contribution < -0.4 is 0 Å². The molecule has 0 aromatic heterocycles. The summed E-state index contributed by atoms with van der Waals surface area (Å²) in [7, 11) is 0. The van der Waals surface area contributed by atoms with Gasteiger partial charge in [-0.25, -0.2) is 0 Å². The van der Waals surface area contributed by atoms with E-state index in [9.17, 15) is 0 Å². The molecule has 1 heteroatoms. The Kier molecular flexibility index (Phi) is 1.75. The minimum absolute atomic E-state index is 0.950. The average Bonchev–Trinajstić information content (AvgIpc) is 1.69. The van der Waals surface area contributed by atoms with Gasteiger partial charge in [-0.2, -0.15) is 0 Å². The number of hydrogen-bond donors (Lipinski definition) is 0. The second kappa shape index (κ2) is 2.37. The molecule has 0 heterocycles. The summed E-state index contributed by atoms with van der Waals surface area (Å²) in [6, 6.07) is 0. The van der Waals surface area contributed by atoms with Gasteiger partial charge in [0.1, 0.15) is 0 Å². The first-order valence-corrected chi connectivity index (χ1v) is 2.85. The summed E-state index contributed by atoms with van der Waals surface area (Å²) < 4.78 is 0. The fourth-order valence-corrected chi connectivity index (χ4v) is 0.825. The Labute approximate surface area is 49.2 Å². The molecular formula is C6H7Cl. The van der Waals surface area contributed by atoms with Crippen LogP contribution in [0.2, 0.25) is 0 Å². The third kappa shape index (κ3) is 1.52. The van der Waals surface area contributed by atoms with Crippen molar-refractivity contribution in [2.24, 2.45) is 0 Å². The van der Waals surface area contributed by atoms with Crippen LogP contribution in [0.4, 0.5) is 0 Å². The molecule has 0 unspecified atom stereocenters.